The summed E-state index contributed by atoms with van der Waals surface area (Å²) in [4.78, 5) is 0. The molecule has 0 bridgehead atoms. The average molecular weight is 278 g/mol. The topological polar surface area (TPSA) is 22.4 Å². The van der Waals surface area contributed by atoms with Gasteiger partial charge in [-0.15, -0.1) is 6.42 Å². The summed E-state index contributed by atoms with van der Waals surface area (Å²) in [6.45, 7) is 13.1. The first-order chi connectivity index (χ1) is 8.65. The lowest BCUT2D eigenvalue weighted by Crippen LogP contribution is -2.43. The third-order valence-electron chi connectivity index (χ3n) is 3.88. The maximum Gasteiger partial charge on any atom is 0.193 e. The van der Waals surface area contributed by atoms with Gasteiger partial charge in [-0.25, -0.2) is 0 Å². The monoisotopic (exact) mass is 278 g/mol. The molecule has 0 fully saturated rings. The third-order valence-corrected chi connectivity index (χ3v) is 8.36. The maximum absolute atomic E-state index is 6.24. The van der Waals surface area contributed by atoms with Gasteiger partial charge in [0.05, 0.1) is 0 Å². The molecule has 0 saturated carbocycles. The molecule has 19 heavy (non-hydrogen) atoms. The zero-order valence-corrected chi connectivity index (χ0v) is 14.0. The van der Waals surface area contributed by atoms with Crippen LogP contribution in [0, 0.1) is 19.3 Å². The van der Waals surface area contributed by atoms with Crippen molar-refractivity contribution in [1.29, 1.82) is 0 Å². The van der Waals surface area contributed by atoms with Gasteiger partial charge in [0.15, 0.2) is 8.32 Å². The molecule has 0 spiro atoms. The van der Waals surface area contributed by atoms with Crippen LogP contribution in [0.1, 0.15) is 38.7 Å². The zero-order valence-electron chi connectivity index (χ0n) is 13.0. The van der Waals surface area contributed by atoms with Crippen LogP contribution in [0.25, 0.3) is 0 Å². The van der Waals surface area contributed by atoms with E-state index < -0.39 is 8.32 Å². The van der Waals surface area contributed by atoms with Crippen LogP contribution < -0.4 is 0 Å². The van der Waals surface area contributed by atoms with E-state index in [1.165, 1.54) is 0 Å². The highest BCUT2D eigenvalue weighted by Gasteiger charge is 2.38. The SMILES string of the molecule is C#CC(CCc1ccc(C)o1)O[Si](C)(C)C(C)(C)C. The molecule has 3 heteroatoms. The molecule has 0 aliphatic heterocycles. The van der Waals surface area contributed by atoms with Gasteiger partial charge in [0.1, 0.15) is 17.6 Å². The minimum absolute atomic E-state index is 0.119. The van der Waals surface area contributed by atoms with Gasteiger partial charge >= 0.3 is 0 Å². The number of hydrogen-bond acceptors (Lipinski definition) is 2. The smallest absolute Gasteiger partial charge is 0.193 e. The van der Waals surface area contributed by atoms with Gasteiger partial charge in [0.25, 0.3) is 0 Å². The lowest BCUT2D eigenvalue weighted by molar-refractivity contribution is 0.221. The Morgan fingerprint density at radius 2 is 2.00 bits per heavy atom. The minimum atomic E-state index is -1.80. The number of furan rings is 1. The van der Waals surface area contributed by atoms with E-state index in [4.69, 9.17) is 15.3 Å². The first kappa shape index (κ1) is 16.1. The van der Waals surface area contributed by atoms with Crippen LogP contribution in [0.5, 0.6) is 0 Å². The van der Waals surface area contributed by atoms with E-state index in [9.17, 15) is 0 Å². The van der Waals surface area contributed by atoms with E-state index in [-0.39, 0.29) is 11.1 Å². The Bertz CT molecular complexity index is 446. The van der Waals surface area contributed by atoms with E-state index in [2.05, 4.69) is 39.8 Å². The van der Waals surface area contributed by atoms with Crippen molar-refractivity contribution in [1.82, 2.24) is 0 Å². The Hall–Kier alpha value is -0.983. The van der Waals surface area contributed by atoms with E-state index >= 15 is 0 Å². The van der Waals surface area contributed by atoms with Gasteiger partial charge in [-0.2, -0.15) is 0 Å². The Kier molecular flexibility index (Phi) is 5.06. The van der Waals surface area contributed by atoms with Crippen molar-refractivity contribution in [2.45, 2.75) is 64.8 Å². The van der Waals surface area contributed by atoms with Crippen molar-refractivity contribution in [2.24, 2.45) is 0 Å². The largest absolute Gasteiger partial charge is 0.466 e. The van der Waals surface area contributed by atoms with Crippen molar-refractivity contribution >= 4 is 8.32 Å². The second kappa shape index (κ2) is 5.98. The molecule has 0 amide bonds. The number of aryl methyl sites for hydroxylation is 2. The van der Waals surface area contributed by atoms with E-state index in [1.54, 1.807) is 0 Å². The molecule has 1 rings (SSSR count). The van der Waals surface area contributed by atoms with Crippen molar-refractivity contribution < 1.29 is 8.84 Å². The Morgan fingerprint density at radius 3 is 2.42 bits per heavy atom. The first-order valence-electron chi connectivity index (χ1n) is 6.85. The highest BCUT2D eigenvalue weighted by molar-refractivity contribution is 6.74. The van der Waals surface area contributed by atoms with Crippen molar-refractivity contribution in [3.63, 3.8) is 0 Å². The van der Waals surface area contributed by atoms with E-state index in [0.717, 1.165) is 24.4 Å². The van der Waals surface area contributed by atoms with Gasteiger partial charge < -0.3 is 8.84 Å². The lowest BCUT2D eigenvalue weighted by Gasteiger charge is -2.38. The van der Waals surface area contributed by atoms with Crippen LogP contribution in [0.4, 0.5) is 0 Å². The standard InChI is InChI=1S/C16H26O2Si/c1-8-14(18-19(6,7)16(3,4)5)11-12-15-10-9-13(2)17-15/h1,9-10,14H,11-12H2,2-7H3. The fourth-order valence-corrected chi connectivity index (χ4v) is 2.85. The minimum Gasteiger partial charge on any atom is -0.466 e. The molecule has 1 unspecified atom stereocenters. The van der Waals surface area contributed by atoms with Gasteiger partial charge in [-0.1, -0.05) is 26.7 Å². The van der Waals surface area contributed by atoms with Gasteiger partial charge in [0.2, 0.25) is 0 Å². The highest BCUT2D eigenvalue weighted by Crippen LogP contribution is 2.37. The summed E-state index contributed by atoms with van der Waals surface area (Å²) in [5.74, 6) is 4.70. The number of hydrogen-bond donors (Lipinski definition) is 0. The number of rotatable bonds is 5. The molecule has 1 atom stereocenters. The third kappa shape index (κ3) is 4.56. The summed E-state index contributed by atoms with van der Waals surface area (Å²) in [5.41, 5.74) is 0. The van der Waals surface area contributed by atoms with Crippen molar-refractivity contribution in [2.75, 3.05) is 0 Å². The lowest BCUT2D eigenvalue weighted by atomic mass is 10.2. The Balaban J connectivity index is 2.58. The predicted molar refractivity (Wildman–Crippen MR) is 82.7 cm³/mol. The Labute approximate surface area is 118 Å². The molecular formula is C16H26O2Si. The quantitative estimate of drug-likeness (QED) is 0.582. The van der Waals surface area contributed by atoms with Crippen LogP contribution in [-0.4, -0.2) is 14.4 Å². The predicted octanol–water partition coefficient (Wildman–Crippen LogP) is 4.54. The molecule has 2 nitrogen and oxygen atoms in total. The normalized spacial score (nSPS) is 14.2. The second-order valence-corrected chi connectivity index (χ2v) is 11.3. The van der Waals surface area contributed by atoms with Crippen LogP contribution in [-0.2, 0) is 10.8 Å². The van der Waals surface area contributed by atoms with E-state index in [0.29, 0.717) is 0 Å². The first-order valence-corrected chi connectivity index (χ1v) is 9.76. The fraction of sp³-hybridized carbons (Fsp3) is 0.625. The molecule has 1 aromatic heterocycles. The molecule has 0 aromatic carbocycles. The second-order valence-electron chi connectivity index (χ2n) is 6.58. The summed E-state index contributed by atoms with van der Waals surface area (Å²) >= 11 is 0. The van der Waals surface area contributed by atoms with Crippen LogP contribution in [0.2, 0.25) is 18.1 Å². The highest BCUT2D eigenvalue weighted by atomic mass is 28.4. The van der Waals surface area contributed by atoms with Crippen LogP contribution in [0.3, 0.4) is 0 Å². The van der Waals surface area contributed by atoms with E-state index in [1.807, 2.05) is 19.1 Å². The zero-order chi connectivity index (χ0) is 14.7. The molecule has 0 saturated heterocycles. The van der Waals surface area contributed by atoms with Gasteiger partial charge in [0, 0.05) is 6.42 Å². The summed E-state index contributed by atoms with van der Waals surface area (Å²) in [5, 5.41) is 0.184. The fourth-order valence-electron chi connectivity index (χ4n) is 1.60. The molecule has 106 valence electrons. The molecule has 0 aliphatic carbocycles. The Morgan fingerprint density at radius 1 is 1.37 bits per heavy atom. The van der Waals surface area contributed by atoms with Crippen LogP contribution >= 0.6 is 0 Å². The maximum atomic E-state index is 6.24. The molecular weight excluding hydrogens is 252 g/mol. The van der Waals surface area contributed by atoms with Crippen molar-refractivity contribution in [3.05, 3.63) is 23.7 Å². The molecule has 0 radical (unpaired) electrons. The summed E-state index contributed by atoms with van der Waals surface area (Å²) in [7, 11) is -1.80. The summed E-state index contributed by atoms with van der Waals surface area (Å²) in [6, 6.07) is 3.99. The average Bonchev–Trinajstić information content (AvgIpc) is 2.68. The molecule has 0 aliphatic rings. The molecule has 1 heterocycles. The van der Waals surface area contributed by atoms with Gasteiger partial charge in [-0.3, -0.25) is 0 Å². The summed E-state index contributed by atoms with van der Waals surface area (Å²) in [6.07, 6.45) is 7.14. The molecule has 0 N–H and O–H groups in total. The van der Waals surface area contributed by atoms with Crippen LogP contribution in [0.15, 0.2) is 16.5 Å². The number of terminal acetylenes is 1. The van der Waals surface area contributed by atoms with Crippen molar-refractivity contribution in [3.8, 4) is 12.3 Å². The van der Waals surface area contributed by atoms with Gasteiger partial charge in [-0.05, 0) is 43.6 Å². The summed E-state index contributed by atoms with van der Waals surface area (Å²) < 4.78 is 11.8. The molecule has 1 aromatic rings.